The van der Waals surface area contributed by atoms with E-state index in [0.717, 1.165) is 36.5 Å². The molecule has 10 nitrogen and oxygen atoms in total. The molecule has 0 amide bonds. The maximum absolute atomic E-state index is 13.7. The second-order valence-electron chi connectivity index (χ2n) is 6.43. The van der Waals surface area contributed by atoms with Crippen LogP contribution in [-0.4, -0.2) is 30.6 Å². The molecule has 0 aromatic heterocycles. The first-order valence-electron chi connectivity index (χ1n) is 8.96. The molecular formula is C20H14F2N4O6S. The van der Waals surface area contributed by atoms with E-state index in [1.54, 1.807) is 0 Å². The highest BCUT2D eigenvalue weighted by molar-refractivity contribution is 7.93. The van der Waals surface area contributed by atoms with Gasteiger partial charge in [0.15, 0.2) is 0 Å². The predicted octanol–water partition coefficient (Wildman–Crippen LogP) is 3.82. The number of anilines is 2. The van der Waals surface area contributed by atoms with Crippen LogP contribution < -0.4 is 10.1 Å². The zero-order valence-corrected chi connectivity index (χ0v) is 17.2. The van der Waals surface area contributed by atoms with Gasteiger partial charge in [0, 0.05) is 23.8 Å². The minimum absolute atomic E-state index is 0.108. The summed E-state index contributed by atoms with van der Waals surface area (Å²) in [6.07, 6.45) is 0.958. The normalized spacial score (nSPS) is 11.3. The lowest BCUT2D eigenvalue weighted by Crippen LogP contribution is -2.17. The predicted molar refractivity (Wildman–Crippen MR) is 115 cm³/mol. The third kappa shape index (κ3) is 5.46. The third-order valence-electron chi connectivity index (χ3n) is 4.22. The van der Waals surface area contributed by atoms with Gasteiger partial charge in [-0.15, -0.1) is 0 Å². The van der Waals surface area contributed by atoms with Gasteiger partial charge >= 0.3 is 5.97 Å². The molecule has 0 bridgehead atoms. The van der Waals surface area contributed by atoms with Crippen molar-refractivity contribution in [3.8, 4) is 0 Å². The van der Waals surface area contributed by atoms with Gasteiger partial charge in [0.25, 0.3) is 15.7 Å². The highest BCUT2D eigenvalue weighted by Crippen LogP contribution is 2.29. The van der Waals surface area contributed by atoms with Crippen LogP contribution in [0.4, 0.5) is 25.8 Å². The zero-order chi connectivity index (χ0) is 24.2. The number of nitrogens with zero attached hydrogens (tertiary/aromatic N) is 2. The van der Waals surface area contributed by atoms with Gasteiger partial charge < -0.3 is 5.11 Å². The maximum atomic E-state index is 13.7. The number of carboxylic acid groups (broad SMARTS) is 1. The number of benzene rings is 3. The number of carbonyl (C=O) groups is 1. The largest absolute Gasteiger partial charge is 0.478 e. The molecule has 3 N–H and O–H groups in total. The molecule has 3 aromatic rings. The maximum Gasteiger partial charge on any atom is 0.337 e. The van der Waals surface area contributed by atoms with E-state index in [0.29, 0.717) is 6.07 Å². The van der Waals surface area contributed by atoms with Crippen LogP contribution >= 0.6 is 0 Å². The summed E-state index contributed by atoms with van der Waals surface area (Å²) in [6, 6.07) is 10.7. The number of rotatable bonds is 8. The van der Waals surface area contributed by atoms with Crippen molar-refractivity contribution < 1.29 is 32.0 Å². The Labute approximate surface area is 185 Å². The average molecular weight is 476 g/mol. The second-order valence-corrected chi connectivity index (χ2v) is 8.08. The molecule has 0 heterocycles. The molecule has 0 aliphatic carbocycles. The Hall–Kier alpha value is -4.39. The number of nitrogens with one attached hydrogen (secondary N) is 2. The Morgan fingerprint density at radius 2 is 1.79 bits per heavy atom. The van der Waals surface area contributed by atoms with Gasteiger partial charge in [-0.2, -0.15) is 5.10 Å². The standard InChI is InChI=1S/C20H14F2N4O6S/c21-13-6-5-12(16(22)9-13)11-23-24-18-8-7-14(26(29)30)10-19(18)33(31,32)25-17-4-2-1-3-15(17)20(27)28/h1-11,24-25H,(H,27,28). The highest BCUT2D eigenvalue weighted by Gasteiger charge is 2.24. The lowest BCUT2D eigenvalue weighted by molar-refractivity contribution is -0.385. The number of hydrogen-bond acceptors (Lipinski definition) is 7. The fourth-order valence-corrected chi connectivity index (χ4v) is 3.93. The number of aromatic carboxylic acids is 1. The van der Waals surface area contributed by atoms with E-state index >= 15 is 0 Å². The minimum Gasteiger partial charge on any atom is -0.478 e. The van der Waals surface area contributed by atoms with Crippen molar-refractivity contribution in [2.45, 2.75) is 4.90 Å². The summed E-state index contributed by atoms with van der Waals surface area (Å²) in [5.74, 6) is -3.10. The molecule has 0 unspecified atom stereocenters. The number of nitro groups is 1. The number of non-ortho nitro benzene ring substituents is 1. The molecule has 0 radical (unpaired) electrons. The topological polar surface area (TPSA) is 151 Å². The molecule has 0 saturated heterocycles. The third-order valence-corrected chi connectivity index (χ3v) is 5.62. The van der Waals surface area contributed by atoms with Gasteiger partial charge in [-0.05, 0) is 30.3 Å². The van der Waals surface area contributed by atoms with Crippen LogP contribution in [-0.2, 0) is 10.0 Å². The molecule has 0 aliphatic heterocycles. The monoisotopic (exact) mass is 476 g/mol. The van der Waals surface area contributed by atoms with E-state index in [-0.39, 0.29) is 22.5 Å². The molecular weight excluding hydrogens is 462 g/mol. The van der Waals surface area contributed by atoms with Crippen molar-refractivity contribution >= 4 is 39.3 Å². The Balaban J connectivity index is 1.99. The summed E-state index contributed by atoms with van der Waals surface area (Å²) < 4.78 is 54.8. The quantitative estimate of drug-likeness (QED) is 0.254. The first kappa shape index (κ1) is 23.3. The SMILES string of the molecule is O=C(O)c1ccccc1NS(=O)(=O)c1cc([N+](=O)[O-])ccc1NN=Cc1ccc(F)cc1F. The van der Waals surface area contributed by atoms with Gasteiger partial charge in [0.2, 0.25) is 0 Å². The Morgan fingerprint density at radius 1 is 1.06 bits per heavy atom. The number of hydrazone groups is 1. The molecule has 3 aromatic carbocycles. The molecule has 170 valence electrons. The first-order chi connectivity index (χ1) is 15.6. The van der Waals surface area contributed by atoms with Crippen molar-refractivity contribution in [1.29, 1.82) is 0 Å². The summed E-state index contributed by atoms with van der Waals surface area (Å²) in [5.41, 5.74) is 0.859. The van der Waals surface area contributed by atoms with Crippen molar-refractivity contribution in [1.82, 2.24) is 0 Å². The Morgan fingerprint density at radius 3 is 2.45 bits per heavy atom. The lowest BCUT2D eigenvalue weighted by Gasteiger charge is -2.13. The Kier molecular flexibility index (Phi) is 6.63. The molecule has 3 rings (SSSR count). The van der Waals surface area contributed by atoms with Crippen LogP contribution in [0.1, 0.15) is 15.9 Å². The summed E-state index contributed by atoms with van der Waals surface area (Å²) in [7, 11) is -4.54. The first-order valence-corrected chi connectivity index (χ1v) is 10.4. The smallest absolute Gasteiger partial charge is 0.337 e. The fraction of sp³-hybridized carbons (Fsp3) is 0. The van der Waals surface area contributed by atoms with E-state index < -0.39 is 43.1 Å². The van der Waals surface area contributed by atoms with E-state index in [9.17, 15) is 37.2 Å². The Bertz CT molecular complexity index is 1380. The summed E-state index contributed by atoms with van der Waals surface area (Å²) in [4.78, 5) is 21.1. The van der Waals surface area contributed by atoms with Gasteiger partial charge in [-0.1, -0.05) is 12.1 Å². The number of carboxylic acids is 1. The van der Waals surface area contributed by atoms with E-state index in [4.69, 9.17) is 0 Å². The van der Waals surface area contributed by atoms with Gasteiger partial charge in [0.1, 0.15) is 16.5 Å². The zero-order valence-electron chi connectivity index (χ0n) is 16.4. The van der Waals surface area contributed by atoms with Crippen molar-refractivity contribution in [2.24, 2.45) is 5.10 Å². The number of sulfonamides is 1. The van der Waals surface area contributed by atoms with Crippen LogP contribution in [0.2, 0.25) is 0 Å². The van der Waals surface area contributed by atoms with Crippen molar-refractivity contribution in [2.75, 3.05) is 10.1 Å². The van der Waals surface area contributed by atoms with E-state index in [2.05, 4.69) is 15.2 Å². The minimum atomic E-state index is -4.54. The molecule has 33 heavy (non-hydrogen) atoms. The van der Waals surface area contributed by atoms with E-state index in [1.807, 2.05) is 0 Å². The van der Waals surface area contributed by atoms with E-state index in [1.165, 1.54) is 24.3 Å². The van der Waals surface area contributed by atoms with Gasteiger partial charge in [-0.3, -0.25) is 20.3 Å². The average Bonchev–Trinajstić information content (AvgIpc) is 2.75. The lowest BCUT2D eigenvalue weighted by atomic mass is 10.2. The van der Waals surface area contributed by atoms with Crippen LogP contribution in [0.15, 0.2) is 70.7 Å². The number of halogens is 2. The molecule has 0 aliphatic rings. The van der Waals surface area contributed by atoms with Crippen LogP contribution in [0, 0.1) is 21.7 Å². The molecule has 0 spiro atoms. The summed E-state index contributed by atoms with van der Waals surface area (Å²) >= 11 is 0. The molecule has 13 heteroatoms. The molecule has 0 fully saturated rings. The fourth-order valence-electron chi connectivity index (χ4n) is 2.68. The van der Waals surface area contributed by atoms with Crippen LogP contribution in [0.3, 0.4) is 0 Å². The van der Waals surface area contributed by atoms with Crippen LogP contribution in [0.5, 0.6) is 0 Å². The molecule has 0 saturated carbocycles. The molecule has 0 atom stereocenters. The second kappa shape index (κ2) is 9.40. The van der Waals surface area contributed by atoms with Crippen LogP contribution in [0.25, 0.3) is 0 Å². The van der Waals surface area contributed by atoms with Crippen molar-refractivity contribution in [3.05, 3.63) is 93.5 Å². The summed E-state index contributed by atoms with van der Waals surface area (Å²) in [6.45, 7) is 0. The van der Waals surface area contributed by atoms with Gasteiger partial charge in [-0.25, -0.2) is 22.0 Å². The van der Waals surface area contributed by atoms with Crippen molar-refractivity contribution in [3.63, 3.8) is 0 Å². The van der Waals surface area contributed by atoms with Gasteiger partial charge in [0.05, 0.1) is 28.1 Å². The number of para-hydroxylation sites is 1. The summed E-state index contributed by atoms with van der Waals surface area (Å²) in [5, 5.41) is 24.1. The number of hydrogen-bond donors (Lipinski definition) is 3. The highest BCUT2D eigenvalue weighted by atomic mass is 32.2. The number of nitro benzene ring substituents is 1.